The number of nitrogens with zero attached hydrogens (tertiary/aromatic N) is 2. The Morgan fingerprint density at radius 3 is 2.75 bits per heavy atom. The van der Waals surface area contributed by atoms with E-state index in [9.17, 15) is 9.59 Å². The SMILES string of the molecule is O=C(Nc1ccc2c(c1)N(Cc1ccccc1)C(=O)CO2)c1ccnc(Cl)c1. The minimum atomic E-state index is -0.318. The Bertz CT molecular complexity index is 1040. The Labute approximate surface area is 166 Å². The van der Waals surface area contributed by atoms with Gasteiger partial charge in [0.2, 0.25) is 0 Å². The predicted octanol–water partition coefficient (Wildman–Crippen LogP) is 3.91. The van der Waals surface area contributed by atoms with Gasteiger partial charge in [-0.25, -0.2) is 4.98 Å². The highest BCUT2D eigenvalue weighted by molar-refractivity contribution is 6.29. The third-order valence-electron chi connectivity index (χ3n) is 4.33. The predicted molar refractivity (Wildman–Crippen MR) is 107 cm³/mol. The lowest BCUT2D eigenvalue weighted by atomic mass is 10.1. The topological polar surface area (TPSA) is 71.5 Å². The van der Waals surface area contributed by atoms with Gasteiger partial charge < -0.3 is 15.0 Å². The summed E-state index contributed by atoms with van der Waals surface area (Å²) in [5, 5.41) is 3.06. The summed E-state index contributed by atoms with van der Waals surface area (Å²) < 4.78 is 5.53. The standard InChI is InChI=1S/C21H16ClN3O3/c22-19-10-15(8-9-23-19)21(27)24-16-6-7-18-17(11-16)25(20(26)13-28-18)12-14-4-2-1-3-5-14/h1-11H,12-13H2,(H,24,27). The molecule has 1 N–H and O–H groups in total. The Kier molecular flexibility index (Phi) is 4.95. The van der Waals surface area contributed by atoms with Crippen LogP contribution in [0, 0.1) is 0 Å². The summed E-state index contributed by atoms with van der Waals surface area (Å²) in [6.45, 7) is 0.411. The van der Waals surface area contributed by atoms with E-state index in [2.05, 4.69) is 10.3 Å². The Balaban J connectivity index is 1.60. The smallest absolute Gasteiger partial charge is 0.265 e. The molecule has 0 radical (unpaired) electrons. The summed E-state index contributed by atoms with van der Waals surface area (Å²) in [6, 6.07) is 18.0. The number of pyridine rings is 1. The second-order valence-corrected chi connectivity index (χ2v) is 6.65. The van der Waals surface area contributed by atoms with Crippen LogP contribution in [-0.4, -0.2) is 23.4 Å². The molecule has 2 heterocycles. The highest BCUT2D eigenvalue weighted by Gasteiger charge is 2.26. The Morgan fingerprint density at radius 1 is 1.14 bits per heavy atom. The van der Waals surface area contributed by atoms with E-state index in [0.29, 0.717) is 29.2 Å². The first-order valence-corrected chi connectivity index (χ1v) is 9.02. The van der Waals surface area contributed by atoms with Gasteiger partial charge in [0, 0.05) is 17.4 Å². The van der Waals surface area contributed by atoms with Crippen molar-refractivity contribution in [2.75, 3.05) is 16.8 Å². The molecule has 0 saturated heterocycles. The van der Waals surface area contributed by atoms with E-state index in [0.717, 1.165) is 5.56 Å². The van der Waals surface area contributed by atoms with Gasteiger partial charge >= 0.3 is 0 Å². The third-order valence-corrected chi connectivity index (χ3v) is 4.54. The molecule has 3 aromatic rings. The number of hydrogen-bond acceptors (Lipinski definition) is 4. The van der Waals surface area contributed by atoms with Crippen molar-refractivity contribution in [3.05, 3.63) is 83.1 Å². The molecule has 4 rings (SSSR count). The molecule has 140 valence electrons. The number of carbonyl (C=O) groups is 2. The molecule has 7 heteroatoms. The summed E-state index contributed by atoms with van der Waals surface area (Å²) in [5.41, 5.74) is 2.56. The Morgan fingerprint density at radius 2 is 1.96 bits per heavy atom. The minimum Gasteiger partial charge on any atom is -0.482 e. The van der Waals surface area contributed by atoms with Crippen LogP contribution in [0.4, 0.5) is 11.4 Å². The maximum atomic E-state index is 12.5. The number of benzene rings is 2. The maximum absolute atomic E-state index is 12.5. The number of fused-ring (bicyclic) bond motifs is 1. The fraction of sp³-hybridized carbons (Fsp3) is 0.0952. The molecule has 0 saturated carbocycles. The van der Waals surface area contributed by atoms with Gasteiger partial charge in [0.05, 0.1) is 12.2 Å². The van der Waals surface area contributed by atoms with E-state index in [1.807, 2.05) is 30.3 Å². The molecule has 0 aliphatic carbocycles. The van der Waals surface area contributed by atoms with Crippen LogP contribution in [0.1, 0.15) is 15.9 Å². The zero-order chi connectivity index (χ0) is 19.5. The molecule has 6 nitrogen and oxygen atoms in total. The molecule has 2 amide bonds. The number of aromatic nitrogens is 1. The lowest BCUT2D eigenvalue weighted by Gasteiger charge is -2.30. The second kappa shape index (κ2) is 7.70. The normalized spacial score (nSPS) is 12.9. The molecule has 28 heavy (non-hydrogen) atoms. The number of amides is 2. The zero-order valence-electron chi connectivity index (χ0n) is 14.8. The number of ether oxygens (including phenoxy) is 1. The van der Waals surface area contributed by atoms with E-state index in [4.69, 9.17) is 16.3 Å². The molecule has 0 spiro atoms. The van der Waals surface area contributed by atoms with Crippen molar-refractivity contribution in [2.24, 2.45) is 0 Å². The molecule has 1 aliphatic rings. The highest BCUT2D eigenvalue weighted by atomic mass is 35.5. The van der Waals surface area contributed by atoms with Gasteiger partial charge in [-0.1, -0.05) is 41.9 Å². The van der Waals surface area contributed by atoms with E-state index < -0.39 is 0 Å². The lowest BCUT2D eigenvalue weighted by molar-refractivity contribution is -0.121. The molecule has 0 bridgehead atoms. The van der Waals surface area contributed by atoms with Gasteiger partial charge in [-0.05, 0) is 35.9 Å². The fourth-order valence-corrected chi connectivity index (χ4v) is 3.14. The monoisotopic (exact) mass is 393 g/mol. The van der Waals surface area contributed by atoms with Gasteiger partial charge in [0.1, 0.15) is 10.9 Å². The summed E-state index contributed by atoms with van der Waals surface area (Å²) in [4.78, 5) is 30.4. The van der Waals surface area contributed by atoms with Crippen molar-refractivity contribution in [3.63, 3.8) is 0 Å². The van der Waals surface area contributed by atoms with Crippen molar-refractivity contribution in [1.82, 2.24) is 4.98 Å². The first-order valence-electron chi connectivity index (χ1n) is 8.64. The average molecular weight is 394 g/mol. The molecule has 2 aromatic carbocycles. The van der Waals surface area contributed by atoms with Crippen molar-refractivity contribution >= 4 is 34.8 Å². The molecular weight excluding hydrogens is 378 g/mol. The van der Waals surface area contributed by atoms with Gasteiger partial charge in [-0.3, -0.25) is 9.59 Å². The van der Waals surface area contributed by atoms with Crippen LogP contribution in [0.15, 0.2) is 66.9 Å². The summed E-state index contributed by atoms with van der Waals surface area (Å²) in [5.74, 6) is 0.142. The summed E-state index contributed by atoms with van der Waals surface area (Å²) >= 11 is 5.85. The number of hydrogen-bond donors (Lipinski definition) is 1. The van der Waals surface area contributed by atoms with E-state index in [1.54, 1.807) is 29.2 Å². The maximum Gasteiger partial charge on any atom is 0.265 e. The fourth-order valence-electron chi connectivity index (χ4n) is 2.97. The van der Waals surface area contributed by atoms with Gasteiger partial charge in [0.25, 0.3) is 11.8 Å². The largest absolute Gasteiger partial charge is 0.482 e. The van der Waals surface area contributed by atoms with Crippen LogP contribution in [0.5, 0.6) is 5.75 Å². The van der Waals surface area contributed by atoms with Crippen molar-refractivity contribution < 1.29 is 14.3 Å². The second-order valence-electron chi connectivity index (χ2n) is 6.26. The van der Waals surface area contributed by atoms with Crippen LogP contribution in [0.25, 0.3) is 0 Å². The number of nitrogens with one attached hydrogen (secondary N) is 1. The van der Waals surface area contributed by atoms with Crippen LogP contribution < -0.4 is 15.0 Å². The van der Waals surface area contributed by atoms with Gasteiger partial charge in [-0.2, -0.15) is 0 Å². The lowest BCUT2D eigenvalue weighted by Crippen LogP contribution is -2.38. The molecule has 1 aromatic heterocycles. The van der Waals surface area contributed by atoms with Gasteiger partial charge in [0.15, 0.2) is 6.61 Å². The van der Waals surface area contributed by atoms with Crippen molar-refractivity contribution in [1.29, 1.82) is 0 Å². The molecular formula is C21H16ClN3O3. The van der Waals surface area contributed by atoms with Gasteiger partial charge in [-0.15, -0.1) is 0 Å². The first-order chi connectivity index (χ1) is 13.6. The number of carbonyl (C=O) groups excluding carboxylic acids is 2. The molecule has 0 atom stereocenters. The minimum absolute atomic E-state index is 0.0128. The van der Waals surface area contributed by atoms with E-state index in [-0.39, 0.29) is 23.6 Å². The van der Waals surface area contributed by atoms with Crippen molar-refractivity contribution in [2.45, 2.75) is 6.54 Å². The number of anilines is 2. The molecule has 0 fully saturated rings. The Hall–Kier alpha value is -3.38. The van der Waals surface area contributed by atoms with Crippen LogP contribution in [-0.2, 0) is 11.3 Å². The highest BCUT2D eigenvalue weighted by Crippen LogP contribution is 2.35. The summed E-state index contributed by atoms with van der Waals surface area (Å²) in [7, 11) is 0. The van der Waals surface area contributed by atoms with Crippen LogP contribution in [0.2, 0.25) is 5.15 Å². The van der Waals surface area contributed by atoms with Crippen LogP contribution in [0.3, 0.4) is 0 Å². The van der Waals surface area contributed by atoms with E-state index >= 15 is 0 Å². The van der Waals surface area contributed by atoms with E-state index in [1.165, 1.54) is 12.3 Å². The number of rotatable bonds is 4. The molecule has 0 unspecified atom stereocenters. The summed E-state index contributed by atoms with van der Waals surface area (Å²) in [6.07, 6.45) is 1.47. The quantitative estimate of drug-likeness (QED) is 0.682. The zero-order valence-corrected chi connectivity index (χ0v) is 15.5. The third kappa shape index (κ3) is 3.82. The average Bonchev–Trinajstić information content (AvgIpc) is 2.71. The first kappa shape index (κ1) is 18.0. The van der Waals surface area contributed by atoms with Crippen molar-refractivity contribution in [3.8, 4) is 5.75 Å². The molecule has 1 aliphatic heterocycles. The number of halogens is 1. The van der Waals surface area contributed by atoms with Crippen LogP contribution >= 0.6 is 11.6 Å².